The average molecular weight is 403 g/mol. The number of nitrogens with zero attached hydrogens (tertiary/aromatic N) is 2. The molecule has 0 aliphatic carbocycles. The van der Waals surface area contributed by atoms with Gasteiger partial charge in [0.05, 0.1) is 10.3 Å². The number of pyridine rings is 2. The highest BCUT2D eigenvalue weighted by Crippen LogP contribution is 2.37. The predicted molar refractivity (Wildman–Crippen MR) is 118 cm³/mol. The minimum atomic E-state index is -3.35. The Morgan fingerprint density at radius 1 is 0.793 bits per heavy atom. The topological polar surface area (TPSA) is 59.9 Å². The minimum Gasteiger partial charge on any atom is -0.264 e. The minimum absolute atomic E-state index is 0.708. The third-order valence-electron chi connectivity index (χ3n) is 5.47. The largest absolute Gasteiger partial charge is 0.264 e. The molecular formula is C24H22N2O2S. The summed E-state index contributed by atoms with van der Waals surface area (Å²) in [7, 11) is -3.35. The van der Waals surface area contributed by atoms with Crippen LogP contribution < -0.4 is 0 Å². The fraction of sp³-hybridized carbons (Fsp3) is 0.167. The molecule has 146 valence electrons. The first-order chi connectivity index (χ1) is 13.8. The van der Waals surface area contributed by atoms with Crippen LogP contribution in [-0.4, -0.2) is 24.6 Å². The maximum atomic E-state index is 12.5. The van der Waals surface area contributed by atoms with Crippen molar-refractivity contribution in [1.29, 1.82) is 0 Å². The molecule has 0 atom stereocenters. The van der Waals surface area contributed by atoms with E-state index in [4.69, 9.17) is 0 Å². The SMILES string of the molecule is CC(C)(c1cc(-c2cccc(-c3cccnc3)c2)cc2cccnc12)S(C)(=O)=O. The van der Waals surface area contributed by atoms with E-state index in [9.17, 15) is 8.42 Å². The molecule has 0 bridgehead atoms. The van der Waals surface area contributed by atoms with Crippen LogP contribution in [0, 0.1) is 0 Å². The number of sulfone groups is 1. The van der Waals surface area contributed by atoms with Crippen LogP contribution in [0.5, 0.6) is 0 Å². The summed E-state index contributed by atoms with van der Waals surface area (Å²) < 4.78 is 24.0. The summed E-state index contributed by atoms with van der Waals surface area (Å²) >= 11 is 0. The van der Waals surface area contributed by atoms with Gasteiger partial charge in [0, 0.05) is 35.8 Å². The first-order valence-corrected chi connectivity index (χ1v) is 11.3. The van der Waals surface area contributed by atoms with Crippen molar-refractivity contribution in [2.24, 2.45) is 0 Å². The molecule has 2 aromatic carbocycles. The third-order valence-corrected chi connectivity index (χ3v) is 7.55. The lowest BCUT2D eigenvalue weighted by Gasteiger charge is -2.25. The van der Waals surface area contributed by atoms with E-state index in [-0.39, 0.29) is 0 Å². The number of fused-ring (bicyclic) bond motifs is 1. The van der Waals surface area contributed by atoms with E-state index in [1.54, 1.807) is 26.2 Å². The van der Waals surface area contributed by atoms with Crippen LogP contribution in [0.25, 0.3) is 33.2 Å². The van der Waals surface area contributed by atoms with Crippen molar-refractivity contribution in [1.82, 2.24) is 9.97 Å². The molecule has 0 saturated carbocycles. The Hall–Kier alpha value is -3.05. The first kappa shape index (κ1) is 19.3. The Kier molecular flexibility index (Phi) is 4.71. The molecule has 0 radical (unpaired) electrons. The van der Waals surface area contributed by atoms with Crippen molar-refractivity contribution in [3.8, 4) is 22.3 Å². The highest BCUT2D eigenvalue weighted by Gasteiger charge is 2.34. The lowest BCUT2D eigenvalue weighted by atomic mass is 9.92. The van der Waals surface area contributed by atoms with Gasteiger partial charge < -0.3 is 0 Å². The Bertz CT molecular complexity index is 1300. The van der Waals surface area contributed by atoms with Gasteiger partial charge >= 0.3 is 0 Å². The fourth-order valence-corrected chi connectivity index (χ4v) is 3.98. The van der Waals surface area contributed by atoms with Crippen molar-refractivity contribution >= 4 is 20.7 Å². The van der Waals surface area contributed by atoms with E-state index >= 15 is 0 Å². The van der Waals surface area contributed by atoms with Crippen molar-refractivity contribution in [2.45, 2.75) is 18.6 Å². The zero-order chi connectivity index (χ0) is 20.6. The zero-order valence-electron chi connectivity index (χ0n) is 16.6. The van der Waals surface area contributed by atoms with Crippen LogP contribution in [0.4, 0.5) is 0 Å². The molecule has 2 aromatic heterocycles. The van der Waals surface area contributed by atoms with E-state index in [1.807, 2.05) is 54.7 Å². The van der Waals surface area contributed by atoms with Gasteiger partial charge in [0.1, 0.15) is 0 Å². The fourth-order valence-electron chi connectivity index (χ4n) is 3.43. The Morgan fingerprint density at radius 2 is 1.48 bits per heavy atom. The van der Waals surface area contributed by atoms with Crippen LogP contribution in [0.1, 0.15) is 19.4 Å². The molecule has 0 aliphatic heterocycles. The molecule has 4 rings (SSSR count). The van der Waals surface area contributed by atoms with E-state index < -0.39 is 14.6 Å². The van der Waals surface area contributed by atoms with E-state index in [0.29, 0.717) is 5.56 Å². The van der Waals surface area contributed by atoms with Crippen molar-refractivity contribution in [3.63, 3.8) is 0 Å². The van der Waals surface area contributed by atoms with Gasteiger partial charge in [-0.25, -0.2) is 8.42 Å². The van der Waals surface area contributed by atoms with E-state index in [0.717, 1.165) is 33.2 Å². The normalized spacial score (nSPS) is 12.2. The summed E-state index contributed by atoms with van der Waals surface area (Å²) in [5.41, 5.74) is 5.50. The van der Waals surface area contributed by atoms with Gasteiger partial charge in [0.25, 0.3) is 0 Å². The summed E-state index contributed by atoms with van der Waals surface area (Å²) in [6, 6.07) is 20.0. The average Bonchev–Trinajstić information content (AvgIpc) is 2.73. The molecule has 29 heavy (non-hydrogen) atoms. The Morgan fingerprint density at radius 3 is 2.17 bits per heavy atom. The Balaban J connectivity index is 1.95. The molecule has 0 N–H and O–H groups in total. The molecule has 0 spiro atoms. The van der Waals surface area contributed by atoms with Gasteiger partial charge in [-0.1, -0.05) is 30.3 Å². The van der Waals surface area contributed by atoms with Crippen LogP contribution in [0.2, 0.25) is 0 Å². The molecule has 0 unspecified atom stereocenters. The first-order valence-electron chi connectivity index (χ1n) is 9.37. The molecule has 4 nitrogen and oxygen atoms in total. The van der Waals surface area contributed by atoms with Crippen molar-refractivity contribution in [3.05, 3.63) is 84.8 Å². The number of benzene rings is 2. The van der Waals surface area contributed by atoms with Gasteiger partial charge in [-0.3, -0.25) is 9.97 Å². The standard InChI is InChI=1S/C24H22N2O2S/c1-24(2,29(3,27)28)22-15-21(14-19-9-6-12-26-23(19)22)18-8-4-7-17(13-18)20-10-5-11-25-16-20/h4-16H,1-3H3. The summed E-state index contributed by atoms with van der Waals surface area (Å²) in [4.78, 5) is 8.69. The molecule has 0 aliphatic rings. The maximum absolute atomic E-state index is 12.5. The second-order valence-corrected chi connectivity index (χ2v) is 10.3. The molecule has 2 heterocycles. The number of rotatable bonds is 4. The highest BCUT2D eigenvalue weighted by molar-refractivity contribution is 7.91. The lowest BCUT2D eigenvalue weighted by molar-refractivity contribution is 0.562. The van der Waals surface area contributed by atoms with Gasteiger partial charge in [0.15, 0.2) is 9.84 Å². The third kappa shape index (κ3) is 3.54. The van der Waals surface area contributed by atoms with E-state index in [1.165, 1.54) is 6.26 Å². The molecular weight excluding hydrogens is 380 g/mol. The highest BCUT2D eigenvalue weighted by atomic mass is 32.2. The quantitative estimate of drug-likeness (QED) is 0.468. The van der Waals surface area contributed by atoms with Crippen LogP contribution in [0.15, 0.2) is 79.3 Å². The summed E-state index contributed by atoms with van der Waals surface area (Å²) in [5, 5.41) is 0.920. The van der Waals surface area contributed by atoms with E-state index in [2.05, 4.69) is 22.1 Å². The molecule has 0 amide bonds. The molecule has 0 saturated heterocycles. The van der Waals surface area contributed by atoms with Crippen LogP contribution in [0.3, 0.4) is 0 Å². The number of hydrogen-bond donors (Lipinski definition) is 0. The van der Waals surface area contributed by atoms with Gasteiger partial charge in [-0.05, 0) is 66.4 Å². The predicted octanol–water partition coefficient (Wildman–Crippen LogP) is 5.24. The second-order valence-electron chi connectivity index (χ2n) is 7.70. The lowest BCUT2D eigenvalue weighted by Crippen LogP contribution is -2.28. The molecule has 0 fully saturated rings. The zero-order valence-corrected chi connectivity index (χ0v) is 17.4. The van der Waals surface area contributed by atoms with Gasteiger partial charge in [-0.15, -0.1) is 0 Å². The summed E-state index contributed by atoms with van der Waals surface area (Å²) in [6.07, 6.45) is 6.56. The van der Waals surface area contributed by atoms with Gasteiger partial charge in [0.2, 0.25) is 0 Å². The number of hydrogen-bond acceptors (Lipinski definition) is 4. The Labute approximate surface area is 171 Å². The smallest absolute Gasteiger partial charge is 0.156 e. The van der Waals surface area contributed by atoms with Crippen LogP contribution >= 0.6 is 0 Å². The second kappa shape index (κ2) is 7.08. The summed E-state index contributed by atoms with van der Waals surface area (Å²) in [5.74, 6) is 0. The van der Waals surface area contributed by atoms with Crippen molar-refractivity contribution in [2.75, 3.05) is 6.26 Å². The molecule has 4 aromatic rings. The van der Waals surface area contributed by atoms with Crippen molar-refractivity contribution < 1.29 is 8.42 Å². The monoisotopic (exact) mass is 402 g/mol. The van der Waals surface area contributed by atoms with Gasteiger partial charge in [-0.2, -0.15) is 0 Å². The van der Waals surface area contributed by atoms with Crippen LogP contribution in [-0.2, 0) is 14.6 Å². The maximum Gasteiger partial charge on any atom is 0.156 e. The number of aromatic nitrogens is 2. The molecule has 5 heteroatoms. The summed E-state index contributed by atoms with van der Waals surface area (Å²) in [6.45, 7) is 3.48.